The third-order valence-electron chi connectivity index (χ3n) is 7.03. The number of unbranched alkanes of at least 4 members (excludes halogenated alkanes) is 3. The van der Waals surface area contributed by atoms with E-state index in [1.807, 2.05) is 20.8 Å². The molecule has 3 atom stereocenters. The molecule has 0 heterocycles. The molecular formula is C36H66FeO6. The van der Waals surface area contributed by atoms with Crippen LogP contribution in [0.5, 0.6) is 0 Å². The van der Waals surface area contributed by atoms with Crippen molar-refractivity contribution in [1.82, 2.24) is 0 Å². The van der Waals surface area contributed by atoms with Gasteiger partial charge in [0.1, 0.15) is 0 Å². The Hall–Kier alpha value is -1.46. The Morgan fingerprint density at radius 3 is 0.698 bits per heavy atom. The SMILES string of the molecule is CCCCC(C)C(=O)C(=O)C(C)(C)C.CCCCC(C)C(=O)C(=O)C(C)(C)C.CCCCC(C)C(=O)C(=O)C(C)(C)C.[Fe]. The normalized spacial score (nSPS) is 13.5. The van der Waals surface area contributed by atoms with E-state index in [-0.39, 0.29) is 69.5 Å². The Bertz CT molecular complexity index is 754. The van der Waals surface area contributed by atoms with Gasteiger partial charge in [-0.05, 0) is 19.3 Å². The van der Waals surface area contributed by atoms with Crippen LogP contribution in [0.3, 0.4) is 0 Å². The molecule has 0 rings (SSSR count). The molecule has 0 saturated heterocycles. The Morgan fingerprint density at radius 2 is 0.581 bits per heavy atom. The van der Waals surface area contributed by atoms with Crippen LogP contribution in [0.2, 0.25) is 0 Å². The van der Waals surface area contributed by atoms with Crippen molar-refractivity contribution in [1.29, 1.82) is 0 Å². The Kier molecular flexibility index (Phi) is 25.9. The predicted molar refractivity (Wildman–Crippen MR) is 174 cm³/mol. The van der Waals surface area contributed by atoms with Gasteiger partial charge in [-0.15, -0.1) is 0 Å². The zero-order valence-electron chi connectivity index (χ0n) is 30.4. The summed E-state index contributed by atoms with van der Waals surface area (Å²) in [5.41, 5.74) is -1.59. The molecule has 0 aromatic carbocycles. The molecule has 0 aromatic rings. The Labute approximate surface area is 275 Å². The van der Waals surface area contributed by atoms with Crippen molar-refractivity contribution in [3.8, 4) is 0 Å². The fraction of sp³-hybridized carbons (Fsp3) is 0.833. The zero-order chi connectivity index (χ0) is 34.1. The largest absolute Gasteiger partial charge is 0.291 e. The van der Waals surface area contributed by atoms with Gasteiger partial charge in [-0.3, -0.25) is 28.8 Å². The second-order valence-electron chi connectivity index (χ2n) is 15.0. The molecule has 0 radical (unpaired) electrons. The van der Waals surface area contributed by atoms with E-state index in [0.717, 1.165) is 57.8 Å². The quantitative estimate of drug-likeness (QED) is 0.129. The van der Waals surface area contributed by atoms with Crippen LogP contribution in [0.15, 0.2) is 0 Å². The summed E-state index contributed by atoms with van der Waals surface area (Å²) < 4.78 is 0. The van der Waals surface area contributed by atoms with Gasteiger partial charge < -0.3 is 0 Å². The first-order valence-electron chi connectivity index (χ1n) is 16.2. The fourth-order valence-electron chi connectivity index (χ4n) is 3.70. The molecule has 254 valence electrons. The third kappa shape index (κ3) is 21.8. The van der Waals surface area contributed by atoms with E-state index in [1.165, 1.54) is 0 Å². The molecule has 6 nitrogen and oxygen atoms in total. The first-order valence-corrected chi connectivity index (χ1v) is 16.2. The topological polar surface area (TPSA) is 102 Å². The maximum Gasteiger partial charge on any atom is 0.203 e. The number of hydrogen-bond donors (Lipinski definition) is 0. The molecular weight excluding hydrogens is 584 g/mol. The van der Waals surface area contributed by atoms with Crippen LogP contribution < -0.4 is 0 Å². The second-order valence-corrected chi connectivity index (χ2v) is 15.0. The molecule has 0 amide bonds. The van der Waals surface area contributed by atoms with Gasteiger partial charge >= 0.3 is 0 Å². The van der Waals surface area contributed by atoms with Gasteiger partial charge in [0.15, 0.2) is 0 Å². The van der Waals surface area contributed by atoms with Crippen molar-refractivity contribution in [2.45, 2.75) is 162 Å². The summed E-state index contributed by atoms with van der Waals surface area (Å²) in [7, 11) is 0. The smallest absolute Gasteiger partial charge is 0.203 e. The minimum atomic E-state index is -0.530. The molecule has 0 aliphatic carbocycles. The van der Waals surface area contributed by atoms with Gasteiger partial charge in [0.2, 0.25) is 34.7 Å². The molecule has 0 saturated carbocycles. The average Bonchev–Trinajstić information content (AvgIpc) is 2.89. The summed E-state index contributed by atoms with van der Waals surface area (Å²) in [4.78, 5) is 69.8. The standard InChI is InChI=1S/3C12H22O2.Fe/c3*1-6-7-8-9(2)10(13)11(14)12(3,4)5;/h3*9H,6-8H2,1-5H3;. The van der Waals surface area contributed by atoms with Crippen molar-refractivity contribution in [3.63, 3.8) is 0 Å². The molecule has 3 unspecified atom stereocenters. The van der Waals surface area contributed by atoms with Crippen molar-refractivity contribution in [2.75, 3.05) is 0 Å². The van der Waals surface area contributed by atoms with E-state index >= 15 is 0 Å². The van der Waals surface area contributed by atoms with Gasteiger partial charge in [-0.1, -0.05) is 142 Å². The van der Waals surface area contributed by atoms with E-state index in [9.17, 15) is 28.8 Å². The van der Waals surface area contributed by atoms with Crippen LogP contribution >= 0.6 is 0 Å². The van der Waals surface area contributed by atoms with Crippen molar-refractivity contribution >= 4 is 34.7 Å². The van der Waals surface area contributed by atoms with Gasteiger partial charge in [0.25, 0.3) is 0 Å². The second kappa shape index (κ2) is 23.0. The van der Waals surface area contributed by atoms with Crippen LogP contribution in [-0.4, -0.2) is 34.7 Å². The molecule has 0 fully saturated rings. The molecule has 0 N–H and O–H groups in total. The molecule has 0 aliphatic rings. The van der Waals surface area contributed by atoms with Gasteiger partial charge in [0, 0.05) is 51.1 Å². The minimum Gasteiger partial charge on any atom is -0.291 e. The first kappa shape index (κ1) is 48.4. The van der Waals surface area contributed by atoms with E-state index in [4.69, 9.17) is 0 Å². The third-order valence-corrected chi connectivity index (χ3v) is 7.03. The van der Waals surface area contributed by atoms with Crippen LogP contribution in [0.25, 0.3) is 0 Å². The summed E-state index contributed by atoms with van der Waals surface area (Å²) in [5, 5.41) is 0. The number of rotatable bonds is 15. The minimum absolute atomic E-state index is 0. The van der Waals surface area contributed by atoms with E-state index < -0.39 is 16.2 Å². The number of carbonyl (C=O) groups excluding carboxylic acids is 6. The zero-order valence-corrected chi connectivity index (χ0v) is 31.5. The van der Waals surface area contributed by atoms with Crippen LogP contribution in [0.1, 0.15) is 162 Å². The van der Waals surface area contributed by atoms with Gasteiger partial charge in [-0.2, -0.15) is 0 Å². The molecule has 0 bridgehead atoms. The van der Waals surface area contributed by atoms with Crippen molar-refractivity contribution < 1.29 is 45.8 Å². The maximum absolute atomic E-state index is 11.6. The number of ketones is 6. The molecule has 0 aromatic heterocycles. The summed E-state index contributed by atoms with van der Waals surface area (Å²) in [6.45, 7) is 27.9. The molecule has 7 heteroatoms. The average molecular weight is 651 g/mol. The van der Waals surface area contributed by atoms with Crippen LogP contribution in [-0.2, 0) is 45.8 Å². The van der Waals surface area contributed by atoms with Crippen LogP contribution in [0, 0.1) is 34.0 Å². The van der Waals surface area contributed by atoms with Crippen molar-refractivity contribution in [3.05, 3.63) is 0 Å². The van der Waals surface area contributed by atoms with Gasteiger partial charge in [-0.25, -0.2) is 0 Å². The van der Waals surface area contributed by atoms with E-state index in [0.29, 0.717) is 0 Å². The number of Topliss-reactive ketones (excluding diaryl/α,β-unsaturated/α-hetero) is 6. The van der Waals surface area contributed by atoms with Crippen molar-refractivity contribution in [2.24, 2.45) is 34.0 Å². The summed E-state index contributed by atoms with van der Waals surface area (Å²) in [6, 6.07) is 0. The molecule has 0 aliphatic heterocycles. The van der Waals surface area contributed by atoms with E-state index in [1.54, 1.807) is 62.3 Å². The Balaban J connectivity index is -0.000000262. The number of hydrogen-bond acceptors (Lipinski definition) is 6. The molecule has 43 heavy (non-hydrogen) atoms. The monoisotopic (exact) mass is 650 g/mol. The predicted octanol–water partition coefficient (Wildman–Crippen LogP) is 8.99. The van der Waals surface area contributed by atoms with Gasteiger partial charge in [0.05, 0.1) is 0 Å². The summed E-state index contributed by atoms with van der Waals surface area (Å²) in [5.74, 6) is -1.64. The summed E-state index contributed by atoms with van der Waals surface area (Å²) >= 11 is 0. The van der Waals surface area contributed by atoms with Crippen LogP contribution in [0.4, 0.5) is 0 Å². The Morgan fingerprint density at radius 1 is 0.419 bits per heavy atom. The first-order chi connectivity index (χ1) is 18.9. The maximum atomic E-state index is 11.6. The molecule has 0 spiro atoms. The summed E-state index contributed by atoms with van der Waals surface area (Å²) in [6.07, 6.45) is 8.76. The number of carbonyl (C=O) groups is 6. The fourth-order valence-corrected chi connectivity index (χ4v) is 3.70. The van der Waals surface area contributed by atoms with E-state index in [2.05, 4.69) is 20.8 Å².